The molecule has 176 valence electrons. The molecule has 1 unspecified atom stereocenters. The summed E-state index contributed by atoms with van der Waals surface area (Å²) in [6.45, 7) is 11.3. The van der Waals surface area contributed by atoms with Crippen LogP contribution in [0.5, 0.6) is 0 Å². The molecule has 34 heavy (non-hydrogen) atoms. The molecule has 3 heterocycles. The Kier molecular flexibility index (Phi) is 6.15. The predicted octanol–water partition coefficient (Wildman–Crippen LogP) is 4.33. The number of aromatic amines is 1. The molecule has 5 rings (SSSR count). The predicted molar refractivity (Wildman–Crippen MR) is 137 cm³/mol. The first kappa shape index (κ1) is 22.3. The van der Waals surface area contributed by atoms with Crippen molar-refractivity contribution in [1.29, 1.82) is 0 Å². The van der Waals surface area contributed by atoms with E-state index in [9.17, 15) is 0 Å². The molecule has 0 bridgehead atoms. The van der Waals surface area contributed by atoms with Gasteiger partial charge < -0.3 is 15.5 Å². The van der Waals surface area contributed by atoms with Crippen LogP contribution in [0.4, 0.5) is 11.6 Å². The Bertz CT molecular complexity index is 1270. The van der Waals surface area contributed by atoms with E-state index in [1.54, 1.807) is 0 Å². The number of anilines is 2. The van der Waals surface area contributed by atoms with Crippen LogP contribution in [-0.2, 0) is 0 Å². The number of fused-ring (bicyclic) bond motifs is 1. The normalized spacial score (nSPS) is 17.3. The molecule has 4 aromatic rings. The van der Waals surface area contributed by atoms with E-state index >= 15 is 0 Å². The van der Waals surface area contributed by atoms with Crippen molar-refractivity contribution in [3.05, 3.63) is 59.8 Å². The number of piperazine rings is 1. The molecule has 1 fully saturated rings. The maximum absolute atomic E-state index is 5.06. The number of aryl methyl sites for hydroxylation is 1. The van der Waals surface area contributed by atoms with Gasteiger partial charge in [0.05, 0.1) is 11.6 Å². The summed E-state index contributed by atoms with van der Waals surface area (Å²) in [4.78, 5) is 7.39. The van der Waals surface area contributed by atoms with Crippen molar-refractivity contribution in [3.8, 4) is 11.4 Å². The lowest BCUT2D eigenvalue weighted by molar-refractivity contribution is 0.367. The third-order valence-electron chi connectivity index (χ3n) is 6.63. The van der Waals surface area contributed by atoms with E-state index in [0.29, 0.717) is 23.6 Å². The lowest BCUT2D eigenvalue weighted by atomic mass is 10.0. The van der Waals surface area contributed by atoms with Gasteiger partial charge in [-0.3, -0.25) is 5.10 Å². The molecular weight excluding hydrogens is 424 g/mol. The molecule has 0 aliphatic carbocycles. The van der Waals surface area contributed by atoms with Crippen LogP contribution < -0.4 is 15.5 Å². The number of nitrogens with one attached hydrogen (secondary N) is 3. The van der Waals surface area contributed by atoms with E-state index in [1.807, 2.05) is 25.1 Å². The van der Waals surface area contributed by atoms with Crippen LogP contribution in [0.3, 0.4) is 0 Å². The number of aromatic nitrogens is 5. The van der Waals surface area contributed by atoms with Crippen molar-refractivity contribution < 1.29 is 0 Å². The molecule has 2 atom stereocenters. The largest absolute Gasteiger partial charge is 0.359 e. The third-order valence-corrected chi connectivity index (χ3v) is 6.63. The second-order valence-electron chi connectivity index (χ2n) is 9.42. The Labute approximate surface area is 200 Å². The Hall–Kier alpha value is -3.52. The molecule has 1 aliphatic heterocycles. The first-order valence-electron chi connectivity index (χ1n) is 12.0. The number of benzene rings is 2. The molecule has 2 aromatic carbocycles. The van der Waals surface area contributed by atoms with Gasteiger partial charge in [0.25, 0.3) is 0 Å². The zero-order chi connectivity index (χ0) is 23.7. The second-order valence-corrected chi connectivity index (χ2v) is 9.42. The fourth-order valence-corrected chi connectivity index (χ4v) is 4.48. The SMILES string of the molecule is Cc1[nH]nc2ccc(-c3nnc(NC(C)c4ccccc4)c(N4CCN[C@H](C(C)C)C4)n3)cc12. The minimum absolute atomic E-state index is 0.0793. The molecule has 3 N–H and O–H groups in total. The summed E-state index contributed by atoms with van der Waals surface area (Å²) >= 11 is 0. The summed E-state index contributed by atoms with van der Waals surface area (Å²) in [5.41, 5.74) is 4.10. The van der Waals surface area contributed by atoms with Crippen molar-refractivity contribution >= 4 is 22.5 Å². The highest BCUT2D eigenvalue weighted by molar-refractivity contribution is 5.85. The number of rotatable bonds is 6. The standard InChI is InChI=1S/C26H32N8/c1-16(2)23-15-34(13-12-27-23)26-25(28-17(3)19-8-6-5-7-9-19)33-32-24(29-26)20-10-11-22-21(14-20)18(4)30-31-22/h5-11,14,16-17,23,27H,12-13,15H2,1-4H3,(H,28,33)(H,30,31)/t17?,23-/m0/s1. The Morgan fingerprint density at radius 3 is 2.68 bits per heavy atom. The van der Waals surface area contributed by atoms with Crippen molar-refractivity contribution in [1.82, 2.24) is 30.7 Å². The van der Waals surface area contributed by atoms with Gasteiger partial charge >= 0.3 is 0 Å². The van der Waals surface area contributed by atoms with Crippen LogP contribution >= 0.6 is 0 Å². The van der Waals surface area contributed by atoms with Gasteiger partial charge in [-0.1, -0.05) is 44.2 Å². The average molecular weight is 457 g/mol. The summed E-state index contributed by atoms with van der Waals surface area (Å²) in [7, 11) is 0. The Morgan fingerprint density at radius 2 is 1.88 bits per heavy atom. The van der Waals surface area contributed by atoms with Crippen LogP contribution in [0.1, 0.15) is 38.1 Å². The highest BCUT2D eigenvalue weighted by Crippen LogP contribution is 2.30. The minimum atomic E-state index is 0.0793. The summed E-state index contributed by atoms with van der Waals surface area (Å²) in [5, 5.41) is 24.8. The lowest BCUT2D eigenvalue weighted by Gasteiger charge is -2.37. The van der Waals surface area contributed by atoms with Crippen molar-refractivity contribution in [2.45, 2.75) is 39.8 Å². The molecule has 1 aliphatic rings. The van der Waals surface area contributed by atoms with Gasteiger partial charge in [0.1, 0.15) is 0 Å². The van der Waals surface area contributed by atoms with E-state index in [-0.39, 0.29) is 6.04 Å². The fourth-order valence-electron chi connectivity index (χ4n) is 4.48. The number of hydrogen-bond donors (Lipinski definition) is 3. The quantitative estimate of drug-likeness (QED) is 0.397. The van der Waals surface area contributed by atoms with Crippen molar-refractivity contribution in [2.75, 3.05) is 29.9 Å². The van der Waals surface area contributed by atoms with Gasteiger partial charge in [0.2, 0.25) is 0 Å². The first-order chi connectivity index (χ1) is 16.5. The molecule has 0 saturated carbocycles. The number of hydrogen-bond acceptors (Lipinski definition) is 7. The van der Waals surface area contributed by atoms with Crippen LogP contribution in [0.25, 0.3) is 22.3 Å². The van der Waals surface area contributed by atoms with E-state index in [4.69, 9.17) is 4.98 Å². The van der Waals surface area contributed by atoms with Gasteiger partial charge in [-0.2, -0.15) is 5.10 Å². The van der Waals surface area contributed by atoms with E-state index in [2.05, 4.69) is 87.0 Å². The third kappa shape index (κ3) is 4.46. The van der Waals surface area contributed by atoms with Gasteiger partial charge in [-0.25, -0.2) is 4.98 Å². The van der Waals surface area contributed by atoms with Gasteiger partial charge in [-0.05, 0) is 43.5 Å². The Morgan fingerprint density at radius 1 is 1.06 bits per heavy atom. The Balaban J connectivity index is 1.53. The molecule has 2 aromatic heterocycles. The molecule has 8 nitrogen and oxygen atoms in total. The zero-order valence-corrected chi connectivity index (χ0v) is 20.2. The number of nitrogens with zero attached hydrogens (tertiary/aromatic N) is 5. The van der Waals surface area contributed by atoms with E-state index in [1.165, 1.54) is 5.56 Å². The molecule has 1 saturated heterocycles. The van der Waals surface area contributed by atoms with Gasteiger partial charge in [-0.15, -0.1) is 10.2 Å². The van der Waals surface area contributed by atoms with Crippen LogP contribution in [0.2, 0.25) is 0 Å². The summed E-state index contributed by atoms with van der Waals surface area (Å²) in [6.07, 6.45) is 0. The second kappa shape index (κ2) is 9.38. The highest BCUT2D eigenvalue weighted by Gasteiger charge is 2.26. The maximum atomic E-state index is 5.06. The molecule has 0 radical (unpaired) electrons. The smallest absolute Gasteiger partial charge is 0.192 e. The van der Waals surface area contributed by atoms with Crippen LogP contribution in [-0.4, -0.2) is 51.1 Å². The average Bonchev–Trinajstić information content (AvgIpc) is 3.24. The topological polar surface area (TPSA) is 94.6 Å². The van der Waals surface area contributed by atoms with Crippen LogP contribution in [0, 0.1) is 12.8 Å². The fraction of sp³-hybridized carbons (Fsp3) is 0.385. The first-order valence-corrected chi connectivity index (χ1v) is 12.0. The van der Waals surface area contributed by atoms with Crippen molar-refractivity contribution in [3.63, 3.8) is 0 Å². The molecular formula is C26H32N8. The lowest BCUT2D eigenvalue weighted by Crippen LogP contribution is -2.53. The zero-order valence-electron chi connectivity index (χ0n) is 20.2. The minimum Gasteiger partial charge on any atom is -0.359 e. The van der Waals surface area contributed by atoms with Crippen molar-refractivity contribution in [2.24, 2.45) is 5.92 Å². The monoisotopic (exact) mass is 456 g/mol. The van der Waals surface area contributed by atoms with E-state index in [0.717, 1.165) is 47.6 Å². The van der Waals surface area contributed by atoms with Gasteiger partial charge in [0.15, 0.2) is 17.5 Å². The maximum Gasteiger partial charge on any atom is 0.192 e. The number of H-pyrrole nitrogens is 1. The highest BCUT2D eigenvalue weighted by atomic mass is 15.3. The molecule has 0 amide bonds. The summed E-state index contributed by atoms with van der Waals surface area (Å²) < 4.78 is 0. The van der Waals surface area contributed by atoms with Crippen LogP contribution in [0.15, 0.2) is 48.5 Å². The summed E-state index contributed by atoms with van der Waals surface area (Å²) in [5.74, 6) is 2.72. The molecule has 0 spiro atoms. The van der Waals surface area contributed by atoms with E-state index < -0.39 is 0 Å². The molecule has 8 heteroatoms. The summed E-state index contributed by atoms with van der Waals surface area (Å²) in [6, 6.07) is 17.0. The van der Waals surface area contributed by atoms with Gasteiger partial charge in [0, 0.05) is 42.3 Å².